The number of thiazole rings is 1. The van der Waals surface area contributed by atoms with Crippen molar-refractivity contribution in [2.24, 2.45) is 0 Å². The van der Waals surface area contributed by atoms with E-state index in [9.17, 15) is 9.18 Å². The number of benzene rings is 2. The Bertz CT molecular complexity index is 1270. The normalized spacial score (nSPS) is 12.6. The number of hydrogen-bond donors (Lipinski definition) is 0. The maximum atomic E-state index is 13.5. The Morgan fingerprint density at radius 1 is 1.03 bits per heavy atom. The number of aromatic nitrogens is 3. The van der Waals surface area contributed by atoms with E-state index in [4.69, 9.17) is 4.98 Å². The highest BCUT2D eigenvalue weighted by atomic mass is 32.1. The summed E-state index contributed by atoms with van der Waals surface area (Å²) in [5.41, 5.74) is 4.04. The third-order valence-electron chi connectivity index (χ3n) is 5.93. The molecule has 0 spiro atoms. The molecule has 0 saturated heterocycles. The van der Waals surface area contributed by atoms with Crippen molar-refractivity contribution in [1.29, 1.82) is 0 Å². The average Bonchev–Trinajstić information content (AvgIpc) is 3.31. The molecule has 34 heavy (non-hydrogen) atoms. The van der Waals surface area contributed by atoms with Crippen LogP contribution in [-0.4, -0.2) is 51.5 Å². The second kappa shape index (κ2) is 11.0. The van der Waals surface area contributed by atoms with Gasteiger partial charge in [0.1, 0.15) is 11.6 Å². The van der Waals surface area contributed by atoms with Crippen LogP contribution in [0.5, 0.6) is 0 Å². The van der Waals surface area contributed by atoms with Crippen LogP contribution >= 0.6 is 11.3 Å². The Kier molecular flexibility index (Phi) is 7.82. The molecule has 1 atom stereocenters. The molecule has 4 aromatic rings. The first-order valence-electron chi connectivity index (χ1n) is 11.5. The predicted molar refractivity (Wildman–Crippen MR) is 136 cm³/mol. The van der Waals surface area contributed by atoms with Gasteiger partial charge in [0.05, 0.1) is 18.1 Å². The number of hydrogen-bond acceptors (Lipinski definition) is 6. The SMILES string of the molecule is CCC(c1nc2scnc2c(=O)n1Cc1ccccc1)N(CCN(C)C)Cc1ccc(F)cc1. The number of likely N-dealkylation sites (N-methyl/N-ethyl adjacent to an activating group) is 1. The summed E-state index contributed by atoms with van der Waals surface area (Å²) < 4.78 is 15.3. The van der Waals surface area contributed by atoms with Gasteiger partial charge < -0.3 is 4.90 Å². The van der Waals surface area contributed by atoms with Crippen LogP contribution in [0.1, 0.15) is 36.3 Å². The maximum Gasteiger partial charge on any atom is 0.281 e. The summed E-state index contributed by atoms with van der Waals surface area (Å²) in [4.78, 5) is 27.9. The molecule has 0 aliphatic rings. The molecule has 0 amide bonds. The molecule has 0 aliphatic heterocycles. The zero-order valence-corrected chi connectivity index (χ0v) is 20.6. The molecular formula is C26H30FN5OS. The average molecular weight is 480 g/mol. The second-order valence-electron chi connectivity index (χ2n) is 8.68. The van der Waals surface area contributed by atoms with E-state index in [2.05, 4.69) is 21.7 Å². The Hall–Kier alpha value is -2.94. The van der Waals surface area contributed by atoms with E-state index in [1.807, 2.05) is 56.6 Å². The maximum absolute atomic E-state index is 13.5. The number of rotatable bonds is 10. The third-order valence-corrected chi connectivity index (χ3v) is 6.65. The summed E-state index contributed by atoms with van der Waals surface area (Å²) in [6, 6.07) is 16.5. The lowest BCUT2D eigenvalue weighted by molar-refractivity contribution is 0.156. The molecule has 0 fully saturated rings. The van der Waals surface area contributed by atoms with Gasteiger partial charge in [0, 0.05) is 19.6 Å². The number of halogens is 1. The Morgan fingerprint density at radius 3 is 2.44 bits per heavy atom. The molecule has 0 saturated carbocycles. The van der Waals surface area contributed by atoms with Crippen molar-refractivity contribution in [3.8, 4) is 0 Å². The van der Waals surface area contributed by atoms with Crippen LogP contribution in [0.25, 0.3) is 10.3 Å². The van der Waals surface area contributed by atoms with Gasteiger partial charge in [-0.2, -0.15) is 0 Å². The molecular weight excluding hydrogens is 449 g/mol. The zero-order chi connectivity index (χ0) is 24.1. The topological polar surface area (TPSA) is 54.3 Å². The van der Waals surface area contributed by atoms with Crippen molar-refractivity contribution in [3.05, 3.63) is 93.2 Å². The lowest BCUT2D eigenvalue weighted by Gasteiger charge is -2.33. The Morgan fingerprint density at radius 2 is 1.76 bits per heavy atom. The summed E-state index contributed by atoms with van der Waals surface area (Å²) in [5, 5.41) is 0. The van der Waals surface area contributed by atoms with E-state index in [0.717, 1.165) is 36.5 Å². The summed E-state index contributed by atoms with van der Waals surface area (Å²) in [6.45, 7) is 4.82. The van der Waals surface area contributed by atoms with Gasteiger partial charge in [0.15, 0.2) is 10.3 Å². The van der Waals surface area contributed by atoms with Crippen LogP contribution in [0, 0.1) is 5.82 Å². The van der Waals surface area contributed by atoms with Gasteiger partial charge in [0.25, 0.3) is 5.56 Å². The second-order valence-corrected chi connectivity index (χ2v) is 9.51. The minimum atomic E-state index is -0.246. The molecule has 2 heterocycles. The highest BCUT2D eigenvalue weighted by Crippen LogP contribution is 2.27. The molecule has 0 N–H and O–H groups in total. The summed E-state index contributed by atoms with van der Waals surface area (Å²) in [5.74, 6) is 0.499. The van der Waals surface area contributed by atoms with Crippen molar-refractivity contribution in [2.45, 2.75) is 32.5 Å². The first-order chi connectivity index (χ1) is 16.5. The van der Waals surface area contributed by atoms with E-state index < -0.39 is 0 Å². The van der Waals surface area contributed by atoms with Gasteiger partial charge in [-0.05, 0) is 43.8 Å². The molecule has 1 unspecified atom stereocenters. The van der Waals surface area contributed by atoms with Crippen molar-refractivity contribution in [2.75, 3.05) is 27.2 Å². The fraction of sp³-hybridized carbons (Fsp3) is 0.346. The van der Waals surface area contributed by atoms with Crippen molar-refractivity contribution >= 4 is 21.7 Å². The van der Waals surface area contributed by atoms with Gasteiger partial charge in [-0.1, -0.05) is 49.4 Å². The van der Waals surface area contributed by atoms with Crippen LogP contribution in [0.15, 0.2) is 64.9 Å². The number of fused-ring (bicyclic) bond motifs is 1. The molecule has 178 valence electrons. The molecule has 2 aromatic heterocycles. The monoisotopic (exact) mass is 479 g/mol. The van der Waals surface area contributed by atoms with E-state index in [1.54, 1.807) is 10.1 Å². The van der Waals surface area contributed by atoms with E-state index in [0.29, 0.717) is 23.4 Å². The van der Waals surface area contributed by atoms with Crippen LogP contribution in [0.4, 0.5) is 4.39 Å². The zero-order valence-electron chi connectivity index (χ0n) is 19.8. The third kappa shape index (κ3) is 5.58. The first-order valence-corrected chi connectivity index (χ1v) is 12.3. The fourth-order valence-corrected chi connectivity index (χ4v) is 4.79. The summed E-state index contributed by atoms with van der Waals surface area (Å²) in [6.07, 6.45) is 0.778. The molecule has 0 bridgehead atoms. The highest BCUT2D eigenvalue weighted by molar-refractivity contribution is 7.16. The molecule has 6 nitrogen and oxygen atoms in total. The van der Waals surface area contributed by atoms with Gasteiger partial charge in [-0.25, -0.2) is 14.4 Å². The lowest BCUT2D eigenvalue weighted by atomic mass is 10.1. The van der Waals surface area contributed by atoms with Gasteiger partial charge in [0.2, 0.25) is 0 Å². The molecule has 0 aliphatic carbocycles. The van der Waals surface area contributed by atoms with Crippen molar-refractivity contribution in [3.63, 3.8) is 0 Å². The Labute approximate surface area is 203 Å². The highest BCUT2D eigenvalue weighted by Gasteiger charge is 2.26. The van der Waals surface area contributed by atoms with Crippen LogP contribution in [-0.2, 0) is 13.1 Å². The molecule has 0 radical (unpaired) electrons. The van der Waals surface area contributed by atoms with Gasteiger partial charge >= 0.3 is 0 Å². The van der Waals surface area contributed by atoms with E-state index >= 15 is 0 Å². The molecule has 2 aromatic carbocycles. The van der Waals surface area contributed by atoms with E-state index in [-0.39, 0.29) is 17.4 Å². The fourth-order valence-electron chi connectivity index (χ4n) is 4.14. The van der Waals surface area contributed by atoms with Gasteiger partial charge in [-0.3, -0.25) is 14.3 Å². The Balaban J connectivity index is 1.79. The standard InChI is InChI=1S/C26H30FN5OS/c1-4-22(31(15-14-30(2)3)16-20-10-12-21(27)13-11-20)24-29-25-23(28-18-34-25)26(33)32(24)17-19-8-6-5-7-9-19/h5-13,18,22H,4,14-17H2,1-3H3. The quantitative estimate of drug-likeness (QED) is 0.334. The smallest absolute Gasteiger partial charge is 0.281 e. The molecule has 8 heteroatoms. The van der Waals surface area contributed by atoms with Crippen LogP contribution in [0.3, 0.4) is 0 Å². The van der Waals surface area contributed by atoms with Crippen LogP contribution < -0.4 is 5.56 Å². The minimum Gasteiger partial charge on any atom is -0.308 e. The minimum absolute atomic E-state index is 0.0899. The largest absolute Gasteiger partial charge is 0.308 e. The lowest BCUT2D eigenvalue weighted by Crippen LogP contribution is -2.38. The van der Waals surface area contributed by atoms with E-state index in [1.165, 1.54) is 23.5 Å². The summed E-state index contributed by atoms with van der Waals surface area (Å²) >= 11 is 1.39. The van der Waals surface area contributed by atoms with Gasteiger partial charge in [-0.15, -0.1) is 11.3 Å². The summed E-state index contributed by atoms with van der Waals surface area (Å²) in [7, 11) is 4.09. The number of nitrogens with zero attached hydrogens (tertiary/aromatic N) is 5. The molecule has 4 rings (SSSR count). The first kappa shape index (κ1) is 24.2. The van der Waals surface area contributed by atoms with Crippen LogP contribution in [0.2, 0.25) is 0 Å². The predicted octanol–water partition coefficient (Wildman–Crippen LogP) is 4.56. The van der Waals surface area contributed by atoms with Crippen molar-refractivity contribution in [1.82, 2.24) is 24.3 Å². The van der Waals surface area contributed by atoms with Crippen molar-refractivity contribution < 1.29 is 4.39 Å².